The quantitative estimate of drug-likeness (QED) is 0.106. The number of aromatic nitrogens is 13. The molecule has 3 amide bonds. The average Bonchev–Trinajstić information content (AvgIpc) is 2.48. The summed E-state index contributed by atoms with van der Waals surface area (Å²) in [7, 11) is 8.51. The number of benzene rings is 1. The van der Waals surface area contributed by atoms with E-state index in [1.165, 1.54) is 25.7 Å². The number of amides is 3. The smallest absolute Gasteiger partial charge is 0.257 e. The van der Waals surface area contributed by atoms with Crippen LogP contribution in [0.15, 0.2) is 79.6 Å². The molecule has 0 radical (unpaired) electrons. The first-order chi connectivity index (χ1) is 41.7. The van der Waals surface area contributed by atoms with Crippen molar-refractivity contribution in [1.29, 1.82) is 0 Å². The van der Waals surface area contributed by atoms with E-state index in [0.29, 0.717) is 119 Å². The van der Waals surface area contributed by atoms with Gasteiger partial charge in [-0.15, -0.1) is 10.2 Å². The van der Waals surface area contributed by atoms with Crippen LogP contribution < -0.4 is 57.3 Å². The zero-order chi connectivity index (χ0) is 60.2. The normalized spacial score (nSPS) is 17.0. The van der Waals surface area contributed by atoms with Gasteiger partial charge in [0.1, 0.15) is 63.0 Å². The maximum absolute atomic E-state index is 12.8. The summed E-state index contributed by atoms with van der Waals surface area (Å²) in [5, 5.41) is 49.0. The first-order valence-electron chi connectivity index (χ1n) is 27.4. The number of carbonyl (C=O) groups is 3. The molecule has 9 N–H and O–H groups in total. The van der Waals surface area contributed by atoms with E-state index in [1.807, 2.05) is 74.8 Å². The fraction of sp³-hybridized carbons (Fsp3) is 0.321. The Morgan fingerprint density at radius 1 is 0.547 bits per heavy atom. The number of anilines is 9. The molecule has 13 rings (SSSR count). The first-order valence-corrected chi connectivity index (χ1v) is 27.4. The number of hydrogen-bond acceptors (Lipinski definition) is 23. The van der Waals surface area contributed by atoms with E-state index in [9.17, 15) is 14.4 Å². The molecule has 0 saturated carbocycles. The third-order valence-corrected chi connectivity index (χ3v) is 13.8. The minimum Gasteiger partial charge on any atom is -0.494 e. The minimum absolute atomic E-state index is 0.163. The molecule has 12 bridgehead atoms. The second-order valence-electron chi connectivity index (χ2n) is 20.4. The second kappa shape index (κ2) is 24.8. The van der Waals surface area contributed by atoms with Gasteiger partial charge in [-0.3, -0.25) is 14.4 Å². The zero-order valence-corrected chi connectivity index (χ0v) is 48.6. The van der Waals surface area contributed by atoms with Gasteiger partial charge < -0.3 is 75.9 Å². The summed E-state index contributed by atoms with van der Waals surface area (Å²) in [4.78, 5) is 56.5. The lowest BCUT2D eigenvalue weighted by Gasteiger charge is -2.18. The van der Waals surface area contributed by atoms with Gasteiger partial charge in [0.05, 0.1) is 89.5 Å². The molecule has 446 valence electrons. The predicted molar refractivity (Wildman–Crippen MR) is 319 cm³/mol. The molecular formula is C56H64N22O8. The molecule has 0 aliphatic carbocycles. The van der Waals surface area contributed by atoms with E-state index >= 15 is 0 Å². The van der Waals surface area contributed by atoms with Gasteiger partial charge in [0.25, 0.3) is 23.6 Å². The Hall–Kier alpha value is -10.5. The number of fused-ring (bicyclic) bond motifs is 11. The third kappa shape index (κ3) is 12.0. The highest BCUT2D eigenvalue weighted by atomic mass is 16.5. The summed E-state index contributed by atoms with van der Waals surface area (Å²) in [6.45, 7) is 9.84. The second-order valence-corrected chi connectivity index (χ2v) is 20.4. The van der Waals surface area contributed by atoms with Crippen molar-refractivity contribution in [3.05, 3.63) is 119 Å². The molecule has 0 spiro atoms. The molecular weight excluding hydrogens is 1110 g/mol. The maximum atomic E-state index is 12.8. The van der Waals surface area contributed by atoms with Crippen molar-refractivity contribution in [2.45, 2.75) is 65.6 Å². The Morgan fingerprint density at radius 2 is 1.01 bits per heavy atom. The van der Waals surface area contributed by atoms with Crippen molar-refractivity contribution in [3.63, 3.8) is 0 Å². The van der Waals surface area contributed by atoms with E-state index in [2.05, 4.69) is 93.3 Å². The fourth-order valence-electron chi connectivity index (χ4n) is 9.88. The van der Waals surface area contributed by atoms with Crippen LogP contribution in [-0.2, 0) is 34.0 Å². The van der Waals surface area contributed by atoms with Crippen LogP contribution in [0.3, 0.4) is 0 Å². The number of carbonyl (C=O) groups excluding carboxylic acids is 3. The Morgan fingerprint density at radius 3 is 1.50 bits per heavy atom. The standard InChI is InChI=1S/C20H24N6O3.C19H20N8O2.C17H20N8O3/c1-11-5-13-6-15(18(11)28-4)24-16-7-17(21-3)26-19(25-16)14(8-22-26)20(27)23-12(2)9-29-10-13;1-11-9-29-10-12-5-14(18-21-3-4-26(18)8-12)24-15-6-16(20-2)27-17(25-15)13(7-22-27)19(28)23-11;1-9-7-28-8-10-4-12(17(27-3)24-23-10)21-13-5-14(18-2)25-15(22-13)11(6-19-25)16(26)20-9/h5-8,12,21H,9-10H2,1-4H3,(H,23,27)(H,24,25);3-8,11,20H,9-10H2,1-2H3,(H,23,28)(H,24,25);4-6,9,18H,7-8H2,1-3H3,(H,20,26)(H,21,22)/t12-;11-;9-/m111/s1. The van der Waals surface area contributed by atoms with Crippen LogP contribution in [0, 0.1) is 6.92 Å². The summed E-state index contributed by atoms with van der Waals surface area (Å²) in [6, 6.07) is 12.7. The highest BCUT2D eigenvalue weighted by Gasteiger charge is 2.24. The van der Waals surface area contributed by atoms with Gasteiger partial charge in [0.15, 0.2) is 22.6 Å². The van der Waals surface area contributed by atoms with Crippen molar-refractivity contribution in [2.24, 2.45) is 0 Å². The minimum atomic E-state index is -0.272. The molecule has 9 aromatic heterocycles. The van der Waals surface area contributed by atoms with Crippen LogP contribution in [0.25, 0.3) is 22.6 Å². The van der Waals surface area contributed by atoms with Crippen LogP contribution in [0.4, 0.5) is 52.0 Å². The molecule has 1 aromatic carbocycles. The van der Waals surface area contributed by atoms with Gasteiger partial charge in [-0.1, -0.05) is 0 Å². The molecule has 30 nitrogen and oxygen atoms in total. The van der Waals surface area contributed by atoms with Gasteiger partial charge in [0.2, 0.25) is 0 Å². The highest BCUT2D eigenvalue weighted by molar-refractivity contribution is 6.02. The maximum Gasteiger partial charge on any atom is 0.257 e. The lowest BCUT2D eigenvalue weighted by Crippen LogP contribution is -2.36. The molecule has 3 aliphatic rings. The number of nitrogens with one attached hydrogen (secondary N) is 9. The van der Waals surface area contributed by atoms with Crippen molar-refractivity contribution in [2.75, 3.05) is 87.1 Å². The van der Waals surface area contributed by atoms with Crippen LogP contribution in [0.1, 0.15) is 74.2 Å². The summed E-state index contributed by atoms with van der Waals surface area (Å²) in [5.41, 5.74) is 9.01. The van der Waals surface area contributed by atoms with Gasteiger partial charge in [-0.05, 0) is 68.7 Å². The van der Waals surface area contributed by atoms with E-state index in [0.717, 1.165) is 39.5 Å². The molecule has 0 saturated heterocycles. The van der Waals surface area contributed by atoms with Gasteiger partial charge in [0, 0.05) is 76.1 Å². The molecule has 10 aromatic rings. The monoisotopic (exact) mass is 1170 g/mol. The molecule has 12 heterocycles. The zero-order valence-electron chi connectivity index (χ0n) is 48.6. The van der Waals surface area contributed by atoms with Crippen LogP contribution >= 0.6 is 0 Å². The van der Waals surface area contributed by atoms with Crippen LogP contribution in [0.2, 0.25) is 0 Å². The highest BCUT2D eigenvalue weighted by Crippen LogP contribution is 2.34. The lowest BCUT2D eigenvalue weighted by molar-refractivity contribution is 0.0809. The van der Waals surface area contributed by atoms with Gasteiger partial charge >= 0.3 is 0 Å². The Labute approximate surface area is 491 Å². The molecule has 3 atom stereocenters. The Kier molecular flexibility index (Phi) is 16.5. The first kappa shape index (κ1) is 57.4. The third-order valence-electron chi connectivity index (χ3n) is 13.8. The summed E-state index contributed by atoms with van der Waals surface area (Å²) < 4.78 is 34.9. The lowest BCUT2D eigenvalue weighted by atomic mass is 10.1. The van der Waals surface area contributed by atoms with Crippen molar-refractivity contribution >= 4 is 92.3 Å². The average molecular weight is 1170 g/mol. The molecule has 86 heavy (non-hydrogen) atoms. The predicted octanol–water partition coefficient (Wildman–Crippen LogP) is 5.25. The SMILES string of the molecule is CNc1cc2nc3c(cnn13)C(=O)N[C@H](C)COCc1cc(C)c(OC)c(c1)N2.CNc1cc2nc3c(cnn13)C(=O)N[C@H](C)COCc1cc(c(OC)nn1)N2.CNc1cc2nc3c(cnn13)C(=O)N[C@H](C)COCc1cc(c3nccn3c1)N2. The molecule has 0 fully saturated rings. The number of imidazole rings is 1. The van der Waals surface area contributed by atoms with E-state index in [1.54, 1.807) is 60.1 Å². The van der Waals surface area contributed by atoms with E-state index < -0.39 is 0 Å². The molecule has 3 aliphatic heterocycles. The largest absolute Gasteiger partial charge is 0.494 e. The van der Waals surface area contributed by atoms with Crippen molar-refractivity contribution in [1.82, 2.24) is 79.3 Å². The van der Waals surface area contributed by atoms with Gasteiger partial charge in [-0.2, -0.15) is 28.8 Å². The van der Waals surface area contributed by atoms with Crippen molar-refractivity contribution in [3.8, 4) is 11.6 Å². The van der Waals surface area contributed by atoms with E-state index in [4.69, 9.17) is 23.7 Å². The van der Waals surface area contributed by atoms with Crippen LogP contribution in [0.5, 0.6) is 11.6 Å². The fourth-order valence-corrected chi connectivity index (χ4v) is 9.88. The number of methoxy groups -OCH3 is 2. The summed E-state index contributed by atoms with van der Waals surface area (Å²) in [5.74, 6) is 4.00. The number of ether oxygens (including phenoxy) is 5. The number of rotatable bonds is 5. The van der Waals surface area contributed by atoms with Crippen molar-refractivity contribution < 1.29 is 38.1 Å². The summed E-state index contributed by atoms with van der Waals surface area (Å²) >= 11 is 0. The Bertz CT molecular complexity index is 4180. The number of nitrogens with zero attached hydrogens (tertiary/aromatic N) is 13. The molecule has 0 unspecified atom stereocenters. The number of hydrogen-bond donors (Lipinski definition) is 9. The Balaban J connectivity index is 0.000000134. The van der Waals surface area contributed by atoms with E-state index in [-0.39, 0.29) is 42.5 Å². The summed E-state index contributed by atoms with van der Waals surface area (Å²) in [6.07, 6.45) is 10.2. The topological polar surface area (TPSA) is 339 Å². The van der Waals surface area contributed by atoms with Gasteiger partial charge in [-0.25, -0.2) is 19.9 Å². The molecule has 30 heteroatoms. The number of aryl methyl sites for hydroxylation is 1. The number of pyridine rings is 1. The van der Waals surface area contributed by atoms with Crippen LogP contribution in [-0.4, -0.2) is 154 Å².